The van der Waals surface area contributed by atoms with E-state index in [1.807, 2.05) is 13.0 Å². The summed E-state index contributed by atoms with van der Waals surface area (Å²) in [5, 5.41) is 4.83. The van der Waals surface area contributed by atoms with Gasteiger partial charge in [-0.05, 0) is 36.2 Å². The predicted molar refractivity (Wildman–Crippen MR) is 117 cm³/mol. The fraction of sp³-hybridized carbons (Fsp3) is 0.238. The van der Waals surface area contributed by atoms with E-state index in [0.29, 0.717) is 34.9 Å². The number of hydrogen-bond acceptors (Lipinski definition) is 8. The molecule has 0 aliphatic carbocycles. The SMILES string of the molecule is CCCNc1c(C(N)=O)oc2ccc3nc(Oc4cc(COC)nc(Cl)n4)ccc3c12. The van der Waals surface area contributed by atoms with Crippen molar-refractivity contribution in [1.29, 1.82) is 0 Å². The third kappa shape index (κ3) is 4.23. The number of anilines is 1. The molecule has 0 saturated carbocycles. The van der Waals surface area contributed by atoms with Crippen LogP contribution in [0.25, 0.3) is 21.9 Å². The Morgan fingerprint density at radius 2 is 2.03 bits per heavy atom. The van der Waals surface area contributed by atoms with Crippen molar-refractivity contribution in [2.75, 3.05) is 19.0 Å². The second-order valence-corrected chi connectivity index (χ2v) is 7.09. The molecular formula is C21H20ClN5O4. The van der Waals surface area contributed by atoms with Crippen molar-refractivity contribution in [1.82, 2.24) is 15.0 Å². The summed E-state index contributed by atoms with van der Waals surface area (Å²) in [6.45, 7) is 2.97. The molecule has 160 valence electrons. The summed E-state index contributed by atoms with van der Waals surface area (Å²) in [7, 11) is 1.56. The fourth-order valence-corrected chi connectivity index (χ4v) is 3.45. The Bertz CT molecular complexity index is 1270. The van der Waals surface area contributed by atoms with Crippen LogP contribution in [0.5, 0.6) is 11.8 Å². The minimum atomic E-state index is -0.636. The molecule has 0 radical (unpaired) electrons. The smallest absolute Gasteiger partial charge is 0.286 e. The van der Waals surface area contributed by atoms with Crippen LogP contribution >= 0.6 is 11.6 Å². The molecule has 0 fully saturated rings. The summed E-state index contributed by atoms with van der Waals surface area (Å²) in [5.41, 5.74) is 7.86. The maximum Gasteiger partial charge on any atom is 0.286 e. The molecule has 31 heavy (non-hydrogen) atoms. The minimum absolute atomic E-state index is 0.0519. The summed E-state index contributed by atoms with van der Waals surface area (Å²) in [4.78, 5) is 24.6. The van der Waals surface area contributed by atoms with Gasteiger partial charge in [-0.1, -0.05) is 6.92 Å². The molecule has 3 heterocycles. The largest absolute Gasteiger partial charge is 0.449 e. The Hall–Kier alpha value is -3.43. The van der Waals surface area contributed by atoms with Gasteiger partial charge in [0.05, 0.1) is 28.9 Å². The van der Waals surface area contributed by atoms with E-state index in [-0.39, 0.29) is 23.5 Å². The number of halogens is 1. The molecule has 4 rings (SSSR count). The van der Waals surface area contributed by atoms with Crippen molar-refractivity contribution < 1.29 is 18.7 Å². The Labute approximate surface area is 182 Å². The summed E-state index contributed by atoms with van der Waals surface area (Å²) < 4.78 is 16.6. The number of aromatic nitrogens is 3. The number of fused-ring (bicyclic) bond motifs is 3. The first kappa shape index (κ1) is 20.8. The monoisotopic (exact) mass is 441 g/mol. The van der Waals surface area contributed by atoms with Gasteiger partial charge in [0.25, 0.3) is 5.91 Å². The van der Waals surface area contributed by atoms with Crippen LogP contribution in [0, 0.1) is 0 Å². The zero-order chi connectivity index (χ0) is 22.0. The number of primary amides is 1. The van der Waals surface area contributed by atoms with Crippen molar-refractivity contribution in [3.8, 4) is 11.8 Å². The molecule has 0 spiro atoms. The summed E-state index contributed by atoms with van der Waals surface area (Å²) in [5.74, 6) is 0.0391. The molecule has 9 nitrogen and oxygen atoms in total. The van der Waals surface area contributed by atoms with Crippen LogP contribution in [-0.2, 0) is 11.3 Å². The zero-order valence-electron chi connectivity index (χ0n) is 16.9. The number of furan rings is 1. The number of ether oxygens (including phenoxy) is 2. The van der Waals surface area contributed by atoms with Gasteiger partial charge in [0.1, 0.15) is 5.58 Å². The maximum absolute atomic E-state index is 11.9. The van der Waals surface area contributed by atoms with Gasteiger partial charge in [-0.3, -0.25) is 4.79 Å². The minimum Gasteiger partial charge on any atom is -0.449 e. The van der Waals surface area contributed by atoms with E-state index in [1.54, 1.807) is 31.4 Å². The topological polar surface area (TPSA) is 125 Å². The van der Waals surface area contributed by atoms with Gasteiger partial charge >= 0.3 is 0 Å². The molecule has 10 heteroatoms. The number of methoxy groups -OCH3 is 1. The number of hydrogen-bond donors (Lipinski definition) is 2. The molecule has 1 amide bonds. The van der Waals surface area contributed by atoms with Crippen molar-refractivity contribution in [2.45, 2.75) is 20.0 Å². The molecule has 0 saturated heterocycles. The van der Waals surface area contributed by atoms with Gasteiger partial charge in [-0.15, -0.1) is 0 Å². The Balaban J connectivity index is 1.76. The van der Waals surface area contributed by atoms with Gasteiger partial charge in [-0.25, -0.2) is 9.97 Å². The molecule has 1 aromatic carbocycles. The molecule has 3 N–H and O–H groups in total. The first-order valence-corrected chi connectivity index (χ1v) is 9.98. The summed E-state index contributed by atoms with van der Waals surface area (Å²) >= 11 is 5.97. The fourth-order valence-electron chi connectivity index (χ4n) is 3.25. The number of amides is 1. The summed E-state index contributed by atoms with van der Waals surface area (Å²) in [6.07, 6.45) is 0.873. The standard InChI is InChI=1S/C21H20ClN5O4/c1-3-8-24-18-17-12-4-7-15(31-16-9-11(10-29-2)25-21(22)27-16)26-13(12)5-6-14(17)30-19(18)20(23)28/h4-7,9,24H,3,8,10H2,1-2H3,(H2,23,28). The van der Waals surface area contributed by atoms with Crippen LogP contribution in [0.4, 0.5) is 5.69 Å². The molecule has 3 aromatic heterocycles. The zero-order valence-corrected chi connectivity index (χ0v) is 17.7. The van der Waals surface area contributed by atoms with Crippen LogP contribution in [0.15, 0.2) is 34.7 Å². The van der Waals surface area contributed by atoms with E-state index >= 15 is 0 Å². The maximum atomic E-state index is 11.9. The molecule has 0 bridgehead atoms. The third-order valence-electron chi connectivity index (χ3n) is 4.50. The Morgan fingerprint density at radius 1 is 1.19 bits per heavy atom. The number of nitrogens with one attached hydrogen (secondary N) is 1. The number of carbonyl (C=O) groups excluding carboxylic acids is 1. The van der Waals surface area contributed by atoms with Gasteiger partial charge in [0, 0.05) is 31.2 Å². The average molecular weight is 442 g/mol. The van der Waals surface area contributed by atoms with Crippen LogP contribution in [0.3, 0.4) is 0 Å². The van der Waals surface area contributed by atoms with E-state index in [4.69, 9.17) is 31.2 Å². The highest BCUT2D eigenvalue weighted by atomic mass is 35.5. The average Bonchev–Trinajstić information content (AvgIpc) is 3.11. The first-order valence-electron chi connectivity index (χ1n) is 9.60. The third-order valence-corrected chi connectivity index (χ3v) is 4.67. The van der Waals surface area contributed by atoms with Gasteiger partial charge in [0.15, 0.2) is 0 Å². The highest BCUT2D eigenvalue weighted by Crippen LogP contribution is 2.37. The first-order chi connectivity index (χ1) is 15.0. The predicted octanol–water partition coefficient (Wildman–Crippen LogP) is 4.28. The second kappa shape index (κ2) is 8.75. The molecular weight excluding hydrogens is 422 g/mol. The lowest BCUT2D eigenvalue weighted by atomic mass is 10.1. The lowest BCUT2D eigenvalue weighted by Crippen LogP contribution is -2.13. The lowest BCUT2D eigenvalue weighted by molar-refractivity contribution is 0.0977. The van der Waals surface area contributed by atoms with Crippen LogP contribution in [0.2, 0.25) is 5.28 Å². The van der Waals surface area contributed by atoms with E-state index in [9.17, 15) is 4.79 Å². The highest BCUT2D eigenvalue weighted by Gasteiger charge is 2.21. The van der Waals surface area contributed by atoms with Crippen molar-refractivity contribution in [3.05, 3.63) is 47.1 Å². The number of carbonyl (C=O) groups is 1. The van der Waals surface area contributed by atoms with E-state index < -0.39 is 5.91 Å². The van der Waals surface area contributed by atoms with Gasteiger partial charge in [-0.2, -0.15) is 4.98 Å². The Kier molecular flexibility index (Phi) is 5.88. The molecule has 4 aromatic rings. The highest BCUT2D eigenvalue weighted by molar-refractivity contribution is 6.28. The molecule has 0 atom stereocenters. The van der Waals surface area contributed by atoms with Crippen molar-refractivity contribution in [2.24, 2.45) is 5.73 Å². The number of pyridine rings is 1. The van der Waals surface area contributed by atoms with E-state index in [0.717, 1.165) is 17.2 Å². The summed E-state index contributed by atoms with van der Waals surface area (Å²) in [6, 6.07) is 8.71. The number of rotatable bonds is 8. The van der Waals surface area contributed by atoms with E-state index in [1.165, 1.54) is 0 Å². The second-order valence-electron chi connectivity index (χ2n) is 6.75. The van der Waals surface area contributed by atoms with E-state index in [2.05, 4.69) is 20.3 Å². The van der Waals surface area contributed by atoms with Crippen LogP contribution in [0.1, 0.15) is 29.6 Å². The molecule has 0 aliphatic heterocycles. The quantitative estimate of drug-likeness (QED) is 0.388. The van der Waals surface area contributed by atoms with Crippen molar-refractivity contribution >= 4 is 45.1 Å². The number of benzene rings is 1. The van der Waals surface area contributed by atoms with Crippen molar-refractivity contribution in [3.63, 3.8) is 0 Å². The number of nitrogens with zero attached hydrogens (tertiary/aromatic N) is 3. The van der Waals surface area contributed by atoms with Gasteiger partial charge in [0.2, 0.25) is 22.8 Å². The Morgan fingerprint density at radius 3 is 2.77 bits per heavy atom. The molecule has 0 unspecified atom stereocenters. The number of nitrogens with two attached hydrogens (primary N) is 1. The normalized spacial score (nSPS) is 11.2. The molecule has 0 aliphatic rings. The lowest BCUT2D eigenvalue weighted by Gasteiger charge is -2.08. The van der Waals surface area contributed by atoms with Crippen LogP contribution in [-0.4, -0.2) is 34.5 Å². The van der Waals surface area contributed by atoms with Gasteiger partial charge < -0.3 is 24.9 Å². The van der Waals surface area contributed by atoms with Crippen LogP contribution < -0.4 is 15.8 Å².